The largest absolute Gasteiger partial charge is 0.455 e. The first-order chi connectivity index (χ1) is 27.8. The van der Waals surface area contributed by atoms with E-state index in [1.54, 1.807) is 36.5 Å². The molecule has 2 aromatic heterocycles. The van der Waals surface area contributed by atoms with Crippen LogP contribution in [-0.4, -0.2) is 153 Å². The fourth-order valence-electron chi connectivity index (χ4n) is 9.26. The Morgan fingerprint density at radius 1 is 1.07 bits per heavy atom. The highest BCUT2D eigenvalue weighted by molar-refractivity contribution is 6.07. The lowest BCUT2D eigenvalue weighted by Gasteiger charge is -2.47. The van der Waals surface area contributed by atoms with Gasteiger partial charge < -0.3 is 39.0 Å². The van der Waals surface area contributed by atoms with E-state index in [0.717, 1.165) is 12.6 Å². The van der Waals surface area contributed by atoms with E-state index in [1.807, 2.05) is 64.2 Å². The number of nitrogens with one attached hydrogen (secondary N) is 1. The van der Waals surface area contributed by atoms with Crippen molar-refractivity contribution in [1.82, 2.24) is 35.1 Å². The number of aliphatic hydroxyl groups excluding tert-OH is 1. The first-order valence-corrected chi connectivity index (χ1v) is 21.0. The average molecular weight is 832 g/mol. The number of methoxy groups -OCH3 is 1. The number of carbonyl (C=O) groups is 3. The highest BCUT2D eigenvalue weighted by Gasteiger charge is 2.60. The van der Waals surface area contributed by atoms with Gasteiger partial charge in [0, 0.05) is 44.4 Å². The van der Waals surface area contributed by atoms with Gasteiger partial charge in [-0.3, -0.25) is 19.4 Å². The molecule has 0 aromatic carbocycles. The number of rotatable bonds is 11. The van der Waals surface area contributed by atoms with Crippen molar-refractivity contribution in [2.75, 3.05) is 34.3 Å². The fraction of sp³-hybridized carbons (Fsp3) is 0.762. The van der Waals surface area contributed by atoms with E-state index < -0.39 is 77.3 Å². The summed E-state index contributed by atoms with van der Waals surface area (Å²) in [5.41, 5.74) is -4.38. The molecule has 1 amide bonds. The summed E-state index contributed by atoms with van der Waals surface area (Å²) in [5, 5.41) is 23.5. The number of aliphatic hydroxyl groups is 1. The van der Waals surface area contributed by atoms with Crippen LogP contribution in [-0.2, 0) is 39.8 Å². The Morgan fingerprint density at radius 2 is 1.78 bits per heavy atom. The molecule has 59 heavy (non-hydrogen) atoms. The van der Waals surface area contributed by atoms with Crippen LogP contribution in [0.3, 0.4) is 0 Å². The van der Waals surface area contributed by atoms with E-state index in [0.29, 0.717) is 51.0 Å². The number of fused-ring (bicyclic) bond motifs is 1. The Kier molecular flexibility index (Phi) is 14.9. The maximum Gasteiger partial charge on any atom is 0.410 e. The number of aryl methyl sites for hydroxylation is 1. The molecule has 0 spiro atoms. The van der Waals surface area contributed by atoms with Crippen molar-refractivity contribution < 1.29 is 47.6 Å². The molecule has 0 saturated carbocycles. The van der Waals surface area contributed by atoms with Crippen LogP contribution in [0.15, 0.2) is 30.6 Å². The van der Waals surface area contributed by atoms with Gasteiger partial charge in [-0.15, -0.1) is 5.10 Å². The number of ether oxygens (including phenoxy) is 5. The van der Waals surface area contributed by atoms with Gasteiger partial charge in [0.25, 0.3) is 5.67 Å². The number of amides is 1. The molecule has 5 heterocycles. The highest BCUT2D eigenvalue weighted by atomic mass is 19.1. The molecule has 0 bridgehead atoms. The van der Waals surface area contributed by atoms with Crippen molar-refractivity contribution in [2.24, 2.45) is 11.8 Å². The average Bonchev–Trinajstić information content (AvgIpc) is 3.78. The molecule has 13 atom stereocenters. The number of alkyl halides is 1. The summed E-state index contributed by atoms with van der Waals surface area (Å²) in [4.78, 5) is 49.9. The summed E-state index contributed by atoms with van der Waals surface area (Å²) in [6.45, 7) is 14.8. The van der Waals surface area contributed by atoms with Crippen LogP contribution in [0.2, 0.25) is 0 Å². The molecule has 3 saturated heterocycles. The number of cyclic esters (lactones) is 1. The Balaban J connectivity index is 1.41. The van der Waals surface area contributed by atoms with Crippen molar-refractivity contribution in [3.63, 3.8) is 0 Å². The molecule has 2 aromatic rings. The van der Waals surface area contributed by atoms with Crippen molar-refractivity contribution in [3.8, 4) is 11.4 Å². The zero-order valence-corrected chi connectivity index (χ0v) is 36.6. The van der Waals surface area contributed by atoms with E-state index in [4.69, 9.17) is 23.7 Å². The third kappa shape index (κ3) is 9.97. The number of likely N-dealkylation sites (N-methyl/N-ethyl adjacent to an activating group) is 1. The quantitative estimate of drug-likeness (QED) is 0.187. The number of hydrogen-bond acceptors (Lipinski definition) is 14. The number of esters is 1. The third-order valence-corrected chi connectivity index (χ3v) is 12.6. The minimum Gasteiger partial charge on any atom is -0.455 e. The summed E-state index contributed by atoms with van der Waals surface area (Å²) >= 11 is 0. The molecule has 3 aliphatic rings. The highest BCUT2D eigenvalue weighted by Crippen LogP contribution is 2.41. The first kappa shape index (κ1) is 46.5. The van der Waals surface area contributed by atoms with Gasteiger partial charge in [-0.2, -0.15) is 0 Å². The number of pyridine rings is 1. The maximum atomic E-state index is 16.9. The Hall–Kier alpha value is -3.61. The lowest BCUT2D eigenvalue weighted by atomic mass is 9.78. The Bertz CT molecular complexity index is 1730. The van der Waals surface area contributed by atoms with E-state index in [-0.39, 0.29) is 24.5 Å². The molecule has 0 aliphatic carbocycles. The molecule has 3 unspecified atom stereocenters. The number of unbranched alkanes of at least 4 members (excludes halogenated alkanes) is 1. The molecular weight excluding hydrogens is 765 g/mol. The number of ketones is 1. The van der Waals surface area contributed by atoms with Crippen molar-refractivity contribution in [2.45, 2.75) is 160 Å². The van der Waals surface area contributed by atoms with Crippen LogP contribution < -0.4 is 5.32 Å². The van der Waals surface area contributed by atoms with Crippen molar-refractivity contribution in [3.05, 3.63) is 30.6 Å². The van der Waals surface area contributed by atoms with Crippen molar-refractivity contribution in [1.29, 1.82) is 0 Å². The predicted octanol–water partition coefficient (Wildman–Crippen LogP) is 4.19. The van der Waals surface area contributed by atoms with Gasteiger partial charge in [0.1, 0.15) is 17.9 Å². The van der Waals surface area contributed by atoms with Crippen LogP contribution in [0.4, 0.5) is 9.18 Å². The number of carbonyl (C=O) groups excluding carboxylic acids is 3. The number of aromatic nitrogens is 4. The van der Waals surface area contributed by atoms with E-state index in [2.05, 4.69) is 20.6 Å². The Morgan fingerprint density at radius 3 is 2.42 bits per heavy atom. The van der Waals surface area contributed by atoms with Gasteiger partial charge >= 0.3 is 12.1 Å². The fourth-order valence-corrected chi connectivity index (χ4v) is 9.26. The van der Waals surface area contributed by atoms with Crippen LogP contribution in [0, 0.1) is 11.8 Å². The summed E-state index contributed by atoms with van der Waals surface area (Å²) < 4.78 is 49.5. The van der Waals surface area contributed by atoms with E-state index >= 15 is 4.39 Å². The molecule has 3 aliphatic heterocycles. The van der Waals surface area contributed by atoms with Crippen LogP contribution in [0.25, 0.3) is 11.4 Å². The van der Waals surface area contributed by atoms with E-state index in [9.17, 15) is 19.5 Å². The van der Waals surface area contributed by atoms with Gasteiger partial charge in [0.2, 0.25) is 0 Å². The smallest absolute Gasteiger partial charge is 0.410 e. The standard InChI is InChI=1S/C42H66FN7O9/c1-12-32-42(8)34(50(39(54)59-42)20-16-15-19-49-24-30(46-47-49)29-17-13-14-18-44-29)28(5)45-23-25(2)22-40(6,55-11)36(27(4)35(52)41(7,43)38(53)57-32)58-37-33(51)31(48(9)10)21-26(3)56-37/h13-14,17-18,24-28,31-34,36-37,45,51H,12,15-16,19-23H2,1-11H3/t25-,26?,27+,28-,31?,32-,33?,34-,36-,37+,40-,41+,42-/m1/s1. The van der Waals surface area contributed by atoms with Gasteiger partial charge in [0.15, 0.2) is 17.7 Å². The van der Waals surface area contributed by atoms with Crippen LogP contribution in [0.1, 0.15) is 87.5 Å². The van der Waals surface area contributed by atoms with E-state index in [1.165, 1.54) is 14.0 Å². The summed E-state index contributed by atoms with van der Waals surface area (Å²) in [7, 11) is 5.20. The lowest BCUT2D eigenvalue weighted by Crippen LogP contribution is -2.61. The zero-order chi connectivity index (χ0) is 43.4. The van der Waals surface area contributed by atoms with Crippen molar-refractivity contribution >= 4 is 17.8 Å². The second kappa shape index (κ2) is 19.0. The minimum atomic E-state index is -3.13. The molecule has 17 heteroatoms. The number of Topliss-reactive ketones (excluding diaryl/α,β-unsaturated/α-hetero) is 1. The molecule has 16 nitrogen and oxygen atoms in total. The second-order valence-electron chi connectivity index (χ2n) is 17.6. The SMILES string of the molecule is CC[C@H]1OC(=O)[C@@](C)(F)C(=O)[C@H](C)[C@@H](O[C@@H]2OC(C)CC(N(C)C)C2O)[C@](C)(OC)C[C@@H](C)CN[C@H](C)[C@H]2N(CCCCn3cc(-c4ccccn4)nn3)C(=O)O[C@]12C. The third-order valence-electron chi connectivity index (χ3n) is 12.6. The summed E-state index contributed by atoms with van der Waals surface area (Å²) in [6, 6.07) is 4.24. The molecule has 3 fully saturated rings. The topological polar surface area (TPSA) is 180 Å². The van der Waals surface area contributed by atoms with Gasteiger partial charge in [-0.1, -0.05) is 32.1 Å². The maximum absolute atomic E-state index is 16.9. The Labute approximate surface area is 347 Å². The van der Waals surface area contributed by atoms with Gasteiger partial charge in [-0.05, 0) is 105 Å². The number of nitrogens with zero attached hydrogens (tertiary/aromatic N) is 6. The predicted molar refractivity (Wildman–Crippen MR) is 216 cm³/mol. The molecule has 2 N–H and O–H groups in total. The second-order valence-corrected chi connectivity index (χ2v) is 17.6. The zero-order valence-electron chi connectivity index (χ0n) is 36.6. The van der Waals surface area contributed by atoms with Gasteiger partial charge in [-0.25, -0.2) is 14.0 Å². The summed E-state index contributed by atoms with van der Waals surface area (Å²) in [5.74, 6) is -3.85. The normalized spacial score (nSPS) is 37.7. The van der Waals surface area contributed by atoms with Gasteiger partial charge in [0.05, 0.1) is 35.7 Å². The molecular formula is C42H66FN7O9. The molecule has 5 rings (SSSR count). The summed E-state index contributed by atoms with van der Waals surface area (Å²) in [6.07, 6.45) is 0.450. The number of halogens is 1. The minimum absolute atomic E-state index is 0.112. The first-order valence-electron chi connectivity index (χ1n) is 21.0. The van der Waals surface area contributed by atoms with Crippen LogP contribution in [0.5, 0.6) is 0 Å². The molecule has 0 radical (unpaired) electrons. The number of hydrogen-bond donors (Lipinski definition) is 2. The molecule has 330 valence electrons. The monoisotopic (exact) mass is 831 g/mol. The van der Waals surface area contributed by atoms with Crippen LogP contribution >= 0.6 is 0 Å². The lowest BCUT2D eigenvalue weighted by molar-refractivity contribution is -0.295.